The summed E-state index contributed by atoms with van der Waals surface area (Å²) in [6, 6.07) is 6.01. The van der Waals surface area contributed by atoms with E-state index in [2.05, 4.69) is 10.6 Å². The van der Waals surface area contributed by atoms with Gasteiger partial charge >= 0.3 is 0 Å². The Bertz CT molecular complexity index is 713. The molecular formula is C19H31N3O4S. The van der Waals surface area contributed by atoms with Crippen LogP contribution in [0.5, 0.6) is 0 Å². The molecule has 0 aliphatic carbocycles. The van der Waals surface area contributed by atoms with Gasteiger partial charge in [0.15, 0.2) is 0 Å². The summed E-state index contributed by atoms with van der Waals surface area (Å²) in [5, 5.41) is 5.41. The molecule has 1 aromatic carbocycles. The van der Waals surface area contributed by atoms with Gasteiger partial charge in [0.2, 0.25) is 21.8 Å². The molecule has 27 heavy (non-hydrogen) atoms. The lowest BCUT2D eigenvalue weighted by Gasteiger charge is -2.18. The minimum absolute atomic E-state index is 0.198. The Hall–Kier alpha value is -1.93. The van der Waals surface area contributed by atoms with E-state index in [-0.39, 0.29) is 23.1 Å². The smallest absolute Gasteiger partial charge is 0.243 e. The number of carbonyl (C=O) groups excluding carboxylic acids is 2. The van der Waals surface area contributed by atoms with E-state index in [4.69, 9.17) is 0 Å². The van der Waals surface area contributed by atoms with E-state index in [1.54, 1.807) is 45.0 Å². The van der Waals surface area contributed by atoms with Crippen molar-refractivity contribution in [2.75, 3.05) is 19.6 Å². The summed E-state index contributed by atoms with van der Waals surface area (Å²) < 4.78 is 26.3. The molecule has 0 radical (unpaired) electrons. The number of rotatable bonds is 11. The predicted octanol–water partition coefficient (Wildman–Crippen LogP) is 1.68. The molecule has 0 aliphatic rings. The molecule has 1 rings (SSSR count). The van der Waals surface area contributed by atoms with E-state index in [0.29, 0.717) is 26.1 Å². The maximum atomic E-state index is 12.5. The number of nitrogens with zero attached hydrogens (tertiary/aromatic N) is 1. The van der Waals surface area contributed by atoms with Crippen LogP contribution in [0.1, 0.15) is 46.1 Å². The van der Waals surface area contributed by atoms with Gasteiger partial charge in [-0.05, 0) is 37.5 Å². The highest BCUT2D eigenvalue weighted by Crippen LogP contribution is 2.16. The summed E-state index contributed by atoms with van der Waals surface area (Å²) >= 11 is 0. The average molecular weight is 398 g/mol. The molecule has 1 atom stereocenters. The maximum Gasteiger partial charge on any atom is 0.243 e. The minimum Gasteiger partial charge on any atom is -0.354 e. The van der Waals surface area contributed by atoms with E-state index < -0.39 is 16.1 Å². The van der Waals surface area contributed by atoms with Gasteiger partial charge < -0.3 is 10.6 Å². The lowest BCUT2D eigenvalue weighted by molar-refractivity contribution is -0.128. The van der Waals surface area contributed by atoms with Crippen LogP contribution in [0.2, 0.25) is 0 Å². The van der Waals surface area contributed by atoms with Crippen LogP contribution in [0.15, 0.2) is 29.2 Å². The molecule has 0 heterocycles. The van der Waals surface area contributed by atoms with Crippen molar-refractivity contribution < 1.29 is 18.0 Å². The molecule has 2 N–H and O–H groups in total. The van der Waals surface area contributed by atoms with E-state index in [9.17, 15) is 18.0 Å². The lowest BCUT2D eigenvalue weighted by atomic mass is 10.1. The second-order valence-electron chi connectivity index (χ2n) is 6.31. The van der Waals surface area contributed by atoms with Crippen molar-refractivity contribution >= 4 is 21.8 Å². The van der Waals surface area contributed by atoms with E-state index in [0.717, 1.165) is 12.0 Å². The third-order valence-electron chi connectivity index (χ3n) is 4.23. The monoisotopic (exact) mass is 397 g/mol. The molecule has 0 aromatic heterocycles. The van der Waals surface area contributed by atoms with E-state index in [1.165, 1.54) is 4.31 Å². The van der Waals surface area contributed by atoms with Crippen LogP contribution >= 0.6 is 0 Å². The number of benzene rings is 1. The first-order valence-corrected chi connectivity index (χ1v) is 10.9. The molecule has 0 saturated heterocycles. The van der Waals surface area contributed by atoms with Gasteiger partial charge in [0, 0.05) is 26.1 Å². The topological polar surface area (TPSA) is 95.6 Å². The number of carbonyl (C=O) groups is 2. The molecule has 1 unspecified atom stereocenters. The molecule has 7 nitrogen and oxygen atoms in total. The number of sulfonamides is 1. The first kappa shape index (κ1) is 23.1. The Balaban J connectivity index is 2.59. The van der Waals surface area contributed by atoms with Gasteiger partial charge in [0.25, 0.3) is 0 Å². The Labute approximate surface area is 162 Å². The van der Waals surface area contributed by atoms with Crippen molar-refractivity contribution in [1.82, 2.24) is 14.9 Å². The molecule has 0 spiro atoms. The fourth-order valence-corrected chi connectivity index (χ4v) is 4.04. The van der Waals surface area contributed by atoms with Crippen molar-refractivity contribution in [3.63, 3.8) is 0 Å². The van der Waals surface area contributed by atoms with Gasteiger partial charge in [-0.3, -0.25) is 9.59 Å². The van der Waals surface area contributed by atoms with Crippen LogP contribution in [0.25, 0.3) is 0 Å². The van der Waals surface area contributed by atoms with E-state index >= 15 is 0 Å². The summed E-state index contributed by atoms with van der Waals surface area (Å²) in [4.78, 5) is 24.0. The summed E-state index contributed by atoms with van der Waals surface area (Å²) in [7, 11) is -3.47. The van der Waals surface area contributed by atoms with Crippen molar-refractivity contribution in [1.29, 1.82) is 0 Å². The van der Waals surface area contributed by atoms with Gasteiger partial charge in [-0.2, -0.15) is 4.31 Å². The highest BCUT2D eigenvalue weighted by atomic mass is 32.2. The molecule has 0 bridgehead atoms. The molecule has 0 aliphatic heterocycles. The Morgan fingerprint density at radius 3 is 2.19 bits per heavy atom. The third-order valence-corrected chi connectivity index (χ3v) is 6.29. The van der Waals surface area contributed by atoms with Crippen molar-refractivity contribution in [3.8, 4) is 0 Å². The van der Waals surface area contributed by atoms with Crippen LogP contribution in [0.3, 0.4) is 0 Å². The summed E-state index contributed by atoms with van der Waals surface area (Å²) in [5.41, 5.74) is 0.867. The minimum atomic E-state index is -3.47. The summed E-state index contributed by atoms with van der Waals surface area (Å²) in [6.45, 7) is 8.64. The Kier molecular flexibility index (Phi) is 9.45. The molecule has 0 saturated carbocycles. The van der Waals surface area contributed by atoms with E-state index in [1.807, 2.05) is 6.92 Å². The zero-order chi connectivity index (χ0) is 20.4. The van der Waals surface area contributed by atoms with Gasteiger partial charge in [0.05, 0.1) is 4.90 Å². The van der Waals surface area contributed by atoms with Crippen molar-refractivity contribution in [3.05, 3.63) is 29.8 Å². The van der Waals surface area contributed by atoms with Gasteiger partial charge in [-0.15, -0.1) is 0 Å². The zero-order valence-corrected chi connectivity index (χ0v) is 17.4. The largest absolute Gasteiger partial charge is 0.354 e. The second-order valence-corrected chi connectivity index (χ2v) is 8.25. The molecule has 152 valence electrons. The normalized spacial score (nSPS) is 12.6. The van der Waals surface area contributed by atoms with Crippen molar-refractivity contribution in [2.24, 2.45) is 0 Å². The molecule has 1 aromatic rings. The quantitative estimate of drug-likeness (QED) is 0.594. The predicted molar refractivity (Wildman–Crippen MR) is 106 cm³/mol. The molecule has 8 heteroatoms. The highest BCUT2D eigenvalue weighted by Gasteiger charge is 2.21. The first-order chi connectivity index (χ1) is 12.8. The lowest BCUT2D eigenvalue weighted by Crippen LogP contribution is -2.45. The fraction of sp³-hybridized carbons (Fsp3) is 0.579. The Morgan fingerprint density at radius 1 is 1.07 bits per heavy atom. The van der Waals surface area contributed by atoms with Crippen LogP contribution < -0.4 is 10.6 Å². The molecule has 0 fully saturated rings. The summed E-state index contributed by atoms with van der Waals surface area (Å²) in [6.07, 6.45) is 1.54. The van der Waals surface area contributed by atoms with Gasteiger partial charge in [0.1, 0.15) is 6.04 Å². The number of nitrogens with one attached hydrogen (secondary N) is 2. The second kappa shape index (κ2) is 11.0. The molecular weight excluding hydrogens is 366 g/mol. The highest BCUT2D eigenvalue weighted by molar-refractivity contribution is 7.89. The van der Waals surface area contributed by atoms with Crippen LogP contribution in [0, 0.1) is 0 Å². The van der Waals surface area contributed by atoms with Crippen LogP contribution in [-0.4, -0.2) is 50.2 Å². The van der Waals surface area contributed by atoms with Gasteiger partial charge in [-0.1, -0.05) is 32.9 Å². The summed E-state index contributed by atoms with van der Waals surface area (Å²) in [5.74, 6) is -0.412. The van der Waals surface area contributed by atoms with Crippen LogP contribution in [-0.2, 0) is 26.0 Å². The zero-order valence-electron chi connectivity index (χ0n) is 16.6. The maximum absolute atomic E-state index is 12.5. The number of amides is 2. The van der Waals surface area contributed by atoms with Gasteiger partial charge in [-0.25, -0.2) is 8.42 Å². The number of hydrogen-bond donors (Lipinski definition) is 2. The molecule has 2 amide bonds. The first-order valence-electron chi connectivity index (χ1n) is 9.42. The average Bonchev–Trinajstić information content (AvgIpc) is 2.65. The standard InChI is InChI=1S/C19H31N3O4S/c1-5-14-20-19(24)15(4)21-18(23)13-10-16-8-11-17(12-9-16)27(25,26)22(6-2)7-3/h8-9,11-12,15H,5-7,10,13-14H2,1-4H3,(H,20,24)(H,21,23). The number of aryl methyl sites for hydroxylation is 1. The fourth-order valence-electron chi connectivity index (χ4n) is 2.58. The third kappa shape index (κ3) is 6.95. The van der Waals surface area contributed by atoms with Crippen LogP contribution in [0.4, 0.5) is 0 Å². The van der Waals surface area contributed by atoms with Crippen molar-refractivity contribution in [2.45, 2.75) is 57.9 Å². The SMILES string of the molecule is CCCNC(=O)C(C)NC(=O)CCc1ccc(S(=O)(=O)N(CC)CC)cc1. The Morgan fingerprint density at radius 2 is 1.67 bits per heavy atom. The number of hydrogen-bond acceptors (Lipinski definition) is 4.